The molecule has 3 heteroatoms. The van der Waals surface area contributed by atoms with Gasteiger partial charge in [0.05, 0.1) is 18.5 Å². The zero-order valence-corrected chi connectivity index (χ0v) is 10.6. The summed E-state index contributed by atoms with van der Waals surface area (Å²) in [6.45, 7) is 8.83. The molecule has 2 nitrogen and oxygen atoms in total. The van der Waals surface area contributed by atoms with Crippen molar-refractivity contribution in [3.05, 3.63) is 11.9 Å². The van der Waals surface area contributed by atoms with Gasteiger partial charge in [-0.3, -0.25) is 4.90 Å². The summed E-state index contributed by atoms with van der Waals surface area (Å²) in [5.74, 6) is 0. The maximum atomic E-state index is 12.6. The molecule has 0 amide bonds. The Morgan fingerprint density at radius 1 is 1.50 bits per heavy atom. The SMILES string of the molecule is CC(C)(C)OCC12CCCN1C/C(=C\F)C2. The van der Waals surface area contributed by atoms with Gasteiger partial charge in [0.15, 0.2) is 0 Å². The molecule has 2 aliphatic rings. The minimum atomic E-state index is -0.106. The smallest absolute Gasteiger partial charge is 0.0872 e. The van der Waals surface area contributed by atoms with Gasteiger partial charge in [-0.1, -0.05) is 0 Å². The van der Waals surface area contributed by atoms with Crippen LogP contribution in [0.4, 0.5) is 4.39 Å². The first-order valence-electron chi connectivity index (χ1n) is 6.12. The summed E-state index contributed by atoms with van der Waals surface area (Å²) in [6.07, 6.45) is 3.99. The maximum Gasteiger partial charge on any atom is 0.0872 e. The van der Waals surface area contributed by atoms with Crippen LogP contribution >= 0.6 is 0 Å². The Kier molecular flexibility index (Phi) is 3.10. The Hall–Kier alpha value is -0.410. The van der Waals surface area contributed by atoms with Crippen LogP contribution in [0.3, 0.4) is 0 Å². The van der Waals surface area contributed by atoms with Gasteiger partial charge < -0.3 is 4.74 Å². The normalized spacial score (nSPS) is 33.6. The number of hydrogen-bond donors (Lipinski definition) is 0. The average molecular weight is 227 g/mol. The standard InChI is InChI=1S/C13H22FNO/c1-12(2,3)16-10-13-5-4-6-15(13)9-11(7-13)8-14/h8H,4-7,9-10H2,1-3H3/b11-8-. The number of ether oxygens (including phenoxy) is 1. The molecular weight excluding hydrogens is 205 g/mol. The van der Waals surface area contributed by atoms with Crippen LogP contribution in [0.5, 0.6) is 0 Å². The van der Waals surface area contributed by atoms with Crippen LogP contribution in [-0.4, -0.2) is 35.7 Å². The highest BCUT2D eigenvalue weighted by molar-refractivity contribution is 5.19. The predicted molar refractivity (Wildman–Crippen MR) is 63.1 cm³/mol. The summed E-state index contributed by atoms with van der Waals surface area (Å²) in [6, 6.07) is 0. The molecular formula is C13H22FNO. The number of hydrogen-bond acceptors (Lipinski definition) is 2. The van der Waals surface area contributed by atoms with Gasteiger partial charge in [-0.15, -0.1) is 0 Å². The van der Waals surface area contributed by atoms with E-state index in [2.05, 4.69) is 25.7 Å². The minimum absolute atomic E-state index is 0.0885. The molecule has 0 saturated carbocycles. The van der Waals surface area contributed by atoms with E-state index < -0.39 is 0 Å². The maximum absolute atomic E-state index is 12.6. The minimum Gasteiger partial charge on any atom is -0.374 e. The van der Waals surface area contributed by atoms with Crippen LogP contribution in [0.1, 0.15) is 40.0 Å². The van der Waals surface area contributed by atoms with Crippen LogP contribution < -0.4 is 0 Å². The van der Waals surface area contributed by atoms with Crippen molar-refractivity contribution in [2.24, 2.45) is 0 Å². The summed E-state index contributed by atoms with van der Waals surface area (Å²) in [4.78, 5) is 2.39. The molecule has 0 aromatic rings. The number of fused-ring (bicyclic) bond motifs is 1. The quantitative estimate of drug-likeness (QED) is 0.719. The van der Waals surface area contributed by atoms with Gasteiger partial charge in [-0.25, -0.2) is 4.39 Å². The monoisotopic (exact) mass is 227 g/mol. The molecule has 0 spiro atoms. The molecule has 2 aliphatic heterocycles. The summed E-state index contributed by atoms with van der Waals surface area (Å²) < 4.78 is 18.5. The summed E-state index contributed by atoms with van der Waals surface area (Å²) >= 11 is 0. The van der Waals surface area contributed by atoms with Crippen molar-refractivity contribution in [3.63, 3.8) is 0 Å². The van der Waals surface area contributed by atoms with Crippen molar-refractivity contribution in [2.75, 3.05) is 19.7 Å². The van der Waals surface area contributed by atoms with Gasteiger partial charge in [0.1, 0.15) is 0 Å². The zero-order valence-electron chi connectivity index (χ0n) is 10.6. The molecule has 0 N–H and O–H groups in total. The topological polar surface area (TPSA) is 12.5 Å². The highest BCUT2D eigenvalue weighted by Gasteiger charge is 2.47. The Bertz CT molecular complexity index is 295. The van der Waals surface area contributed by atoms with Crippen LogP contribution in [0, 0.1) is 0 Å². The van der Waals surface area contributed by atoms with E-state index in [4.69, 9.17) is 4.74 Å². The fourth-order valence-corrected chi connectivity index (χ4v) is 2.80. The Morgan fingerprint density at radius 2 is 2.25 bits per heavy atom. The van der Waals surface area contributed by atoms with Crippen LogP contribution in [0.2, 0.25) is 0 Å². The molecule has 2 rings (SSSR count). The lowest BCUT2D eigenvalue weighted by molar-refractivity contribution is -0.0520. The van der Waals surface area contributed by atoms with Crippen molar-refractivity contribution in [1.82, 2.24) is 4.90 Å². The number of nitrogens with zero attached hydrogens (tertiary/aromatic N) is 1. The molecule has 0 radical (unpaired) electrons. The fraction of sp³-hybridized carbons (Fsp3) is 0.846. The molecule has 2 heterocycles. The molecule has 1 atom stereocenters. The van der Waals surface area contributed by atoms with Crippen molar-refractivity contribution >= 4 is 0 Å². The predicted octanol–water partition coefficient (Wildman–Crippen LogP) is 2.89. The van der Waals surface area contributed by atoms with Crippen LogP contribution in [0.15, 0.2) is 11.9 Å². The largest absolute Gasteiger partial charge is 0.374 e. The highest BCUT2D eigenvalue weighted by atomic mass is 19.1. The average Bonchev–Trinajstić information content (AvgIpc) is 2.69. The molecule has 0 aromatic heterocycles. The molecule has 0 aliphatic carbocycles. The number of halogens is 1. The van der Waals surface area contributed by atoms with E-state index in [0.717, 1.165) is 44.4 Å². The molecule has 92 valence electrons. The molecule has 2 fully saturated rings. The van der Waals surface area contributed by atoms with Crippen molar-refractivity contribution in [3.8, 4) is 0 Å². The Labute approximate surface area is 97.5 Å². The van der Waals surface area contributed by atoms with E-state index in [9.17, 15) is 4.39 Å². The first-order valence-corrected chi connectivity index (χ1v) is 6.12. The second kappa shape index (κ2) is 4.11. The van der Waals surface area contributed by atoms with Crippen molar-refractivity contribution in [2.45, 2.75) is 51.2 Å². The first-order chi connectivity index (χ1) is 7.45. The Morgan fingerprint density at radius 3 is 2.88 bits per heavy atom. The van der Waals surface area contributed by atoms with E-state index in [1.807, 2.05) is 0 Å². The molecule has 2 saturated heterocycles. The van der Waals surface area contributed by atoms with Gasteiger partial charge in [0.2, 0.25) is 0 Å². The van der Waals surface area contributed by atoms with Gasteiger partial charge in [-0.2, -0.15) is 0 Å². The van der Waals surface area contributed by atoms with Gasteiger partial charge in [-0.05, 0) is 52.2 Å². The van der Waals surface area contributed by atoms with E-state index in [1.54, 1.807) is 0 Å². The second-order valence-electron chi connectivity index (χ2n) is 6.09. The van der Waals surface area contributed by atoms with Gasteiger partial charge >= 0.3 is 0 Å². The van der Waals surface area contributed by atoms with E-state index in [-0.39, 0.29) is 11.1 Å². The molecule has 0 aromatic carbocycles. The third-order valence-corrected chi connectivity index (χ3v) is 3.62. The zero-order chi connectivity index (χ0) is 11.8. The third kappa shape index (κ3) is 2.30. The highest BCUT2D eigenvalue weighted by Crippen LogP contribution is 2.42. The van der Waals surface area contributed by atoms with Crippen LogP contribution in [-0.2, 0) is 4.74 Å². The molecule has 0 bridgehead atoms. The lowest BCUT2D eigenvalue weighted by Gasteiger charge is -2.34. The van der Waals surface area contributed by atoms with Crippen molar-refractivity contribution in [1.29, 1.82) is 0 Å². The van der Waals surface area contributed by atoms with Gasteiger partial charge in [0, 0.05) is 12.1 Å². The van der Waals surface area contributed by atoms with E-state index >= 15 is 0 Å². The van der Waals surface area contributed by atoms with E-state index in [0.29, 0.717) is 0 Å². The summed E-state index contributed by atoms with van der Waals surface area (Å²) in [7, 11) is 0. The first kappa shape index (κ1) is 12.1. The van der Waals surface area contributed by atoms with Crippen molar-refractivity contribution < 1.29 is 9.13 Å². The third-order valence-electron chi connectivity index (χ3n) is 3.62. The van der Waals surface area contributed by atoms with Gasteiger partial charge in [0.25, 0.3) is 0 Å². The summed E-state index contributed by atoms with van der Waals surface area (Å²) in [5, 5.41) is 0. The lowest BCUT2D eigenvalue weighted by Crippen LogP contribution is -2.44. The lowest BCUT2D eigenvalue weighted by atomic mass is 9.93. The van der Waals surface area contributed by atoms with Crippen LogP contribution in [0.25, 0.3) is 0 Å². The van der Waals surface area contributed by atoms with E-state index in [1.165, 1.54) is 6.42 Å². The fourth-order valence-electron chi connectivity index (χ4n) is 2.80. The second-order valence-corrected chi connectivity index (χ2v) is 6.09. The molecule has 16 heavy (non-hydrogen) atoms. The Balaban J connectivity index is 2.04. The summed E-state index contributed by atoms with van der Waals surface area (Å²) in [5.41, 5.74) is 0.911. The molecule has 1 unspecified atom stereocenters. The number of rotatable bonds is 2.